The van der Waals surface area contributed by atoms with Crippen molar-refractivity contribution in [3.8, 4) is 0 Å². The highest BCUT2D eigenvalue weighted by molar-refractivity contribution is 9.09. The summed E-state index contributed by atoms with van der Waals surface area (Å²) >= 11 is 3.32. The van der Waals surface area contributed by atoms with Crippen molar-refractivity contribution < 1.29 is 9.59 Å². The molecule has 21 heavy (non-hydrogen) atoms. The van der Waals surface area contributed by atoms with Gasteiger partial charge in [0.2, 0.25) is 0 Å². The smallest absolute Gasteiger partial charge is 0.269 e. The molecule has 0 heterocycles. The number of hydrogen-bond acceptors (Lipinski definition) is 2. The van der Waals surface area contributed by atoms with E-state index in [1.54, 1.807) is 24.3 Å². The van der Waals surface area contributed by atoms with E-state index in [4.69, 9.17) is 0 Å². The topological polar surface area (TPSA) is 58.2 Å². The van der Waals surface area contributed by atoms with E-state index < -0.39 is 4.83 Å². The van der Waals surface area contributed by atoms with E-state index in [-0.39, 0.29) is 11.8 Å². The first kappa shape index (κ1) is 15.3. The number of rotatable bonds is 3. The second-order valence-corrected chi connectivity index (χ2v) is 5.50. The summed E-state index contributed by atoms with van der Waals surface area (Å²) < 4.78 is 0. The van der Waals surface area contributed by atoms with Crippen LogP contribution in [0, 0.1) is 6.92 Å². The summed E-state index contributed by atoms with van der Waals surface area (Å²) in [4.78, 5) is 23.3. The highest BCUT2D eigenvalue weighted by Crippen LogP contribution is 2.22. The number of aryl methyl sites for hydroxylation is 1. The summed E-state index contributed by atoms with van der Waals surface area (Å²) in [6.45, 7) is 1.98. The van der Waals surface area contributed by atoms with Crippen molar-refractivity contribution in [1.82, 2.24) is 10.9 Å². The fourth-order valence-corrected chi connectivity index (χ4v) is 2.15. The maximum atomic E-state index is 12.0. The predicted octanol–water partition coefficient (Wildman–Crippen LogP) is 2.89. The molecule has 0 saturated heterocycles. The highest BCUT2D eigenvalue weighted by Gasteiger charge is 2.17. The third kappa shape index (κ3) is 4.16. The lowest BCUT2D eigenvalue weighted by Gasteiger charge is -2.12. The monoisotopic (exact) mass is 346 g/mol. The van der Waals surface area contributed by atoms with Crippen LogP contribution in [0.15, 0.2) is 54.6 Å². The van der Waals surface area contributed by atoms with E-state index in [1.165, 1.54) is 0 Å². The van der Waals surface area contributed by atoms with Crippen LogP contribution in [0.5, 0.6) is 0 Å². The van der Waals surface area contributed by atoms with Crippen LogP contribution < -0.4 is 10.9 Å². The minimum absolute atomic E-state index is 0.330. The molecule has 2 amide bonds. The SMILES string of the molecule is Cc1ccc(C(Br)C(=O)NNC(=O)c2ccccc2)cc1. The van der Waals surface area contributed by atoms with Gasteiger partial charge in [-0.3, -0.25) is 20.4 Å². The molecule has 0 saturated carbocycles. The molecule has 0 spiro atoms. The Labute approximate surface area is 131 Å². The maximum absolute atomic E-state index is 12.0. The number of carbonyl (C=O) groups is 2. The summed E-state index contributed by atoms with van der Waals surface area (Å²) in [5.74, 6) is -0.685. The fraction of sp³-hybridized carbons (Fsp3) is 0.125. The van der Waals surface area contributed by atoms with Crippen LogP contribution in [0.25, 0.3) is 0 Å². The van der Waals surface area contributed by atoms with E-state index in [0.29, 0.717) is 5.56 Å². The first-order valence-electron chi connectivity index (χ1n) is 6.44. The molecule has 1 unspecified atom stereocenters. The summed E-state index contributed by atoms with van der Waals surface area (Å²) in [7, 11) is 0. The van der Waals surface area contributed by atoms with Crippen molar-refractivity contribution in [2.24, 2.45) is 0 Å². The molecule has 108 valence electrons. The van der Waals surface area contributed by atoms with Gasteiger partial charge in [0.05, 0.1) is 0 Å². The van der Waals surface area contributed by atoms with Gasteiger partial charge in [-0.1, -0.05) is 64.0 Å². The van der Waals surface area contributed by atoms with Gasteiger partial charge in [-0.25, -0.2) is 0 Å². The van der Waals surface area contributed by atoms with Gasteiger partial charge in [-0.2, -0.15) is 0 Å². The minimum atomic E-state index is -0.519. The van der Waals surface area contributed by atoms with Crippen molar-refractivity contribution in [2.75, 3.05) is 0 Å². The first-order valence-corrected chi connectivity index (χ1v) is 7.35. The van der Waals surface area contributed by atoms with Crippen LogP contribution in [0.1, 0.15) is 26.3 Å². The summed E-state index contributed by atoms with van der Waals surface area (Å²) in [6, 6.07) is 16.3. The molecule has 0 aliphatic carbocycles. The molecule has 2 rings (SSSR count). The molecule has 2 N–H and O–H groups in total. The van der Waals surface area contributed by atoms with Gasteiger partial charge in [-0.05, 0) is 24.6 Å². The lowest BCUT2D eigenvalue weighted by molar-refractivity contribution is -0.121. The summed E-state index contributed by atoms with van der Waals surface area (Å²) in [6.07, 6.45) is 0. The van der Waals surface area contributed by atoms with Crippen LogP contribution in [0.2, 0.25) is 0 Å². The van der Waals surface area contributed by atoms with E-state index in [1.807, 2.05) is 37.3 Å². The van der Waals surface area contributed by atoms with E-state index in [0.717, 1.165) is 11.1 Å². The van der Waals surface area contributed by atoms with E-state index in [9.17, 15) is 9.59 Å². The molecule has 0 aliphatic rings. The molecule has 5 heteroatoms. The second kappa shape index (κ2) is 7.04. The Morgan fingerprint density at radius 1 is 0.952 bits per heavy atom. The number of carbonyl (C=O) groups excluding carboxylic acids is 2. The Morgan fingerprint density at radius 3 is 2.19 bits per heavy atom. The number of hydrazine groups is 1. The Kier molecular flexibility index (Phi) is 5.11. The Balaban J connectivity index is 1.92. The van der Waals surface area contributed by atoms with Gasteiger partial charge in [0.25, 0.3) is 11.8 Å². The third-order valence-corrected chi connectivity index (χ3v) is 3.88. The molecule has 2 aromatic rings. The average molecular weight is 347 g/mol. The normalized spacial score (nSPS) is 11.5. The van der Waals surface area contributed by atoms with Gasteiger partial charge in [-0.15, -0.1) is 0 Å². The molecule has 0 aliphatic heterocycles. The van der Waals surface area contributed by atoms with Crippen LogP contribution in [0.4, 0.5) is 0 Å². The molecule has 0 radical (unpaired) electrons. The molecule has 2 aromatic carbocycles. The maximum Gasteiger partial charge on any atom is 0.269 e. The Bertz CT molecular complexity index is 626. The zero-order chi connectivity index (χ0) is 15.2. The average Bonchev–Trinajstić information content (AvgIpc) is 2.53. The standard InChI is InChI=1S/C16H15BrN2O2/c1-11-7-9-12(10-8-11)14(17)16(21)19-18-15(20)13-5-3-2-4-6-13/h2-10,14H,1H3,(H,18,20)(H,19,21). The van der Waals surface area contributed by atoms with Crippen LogP contribution >= 0.6 is 15.9 Å². The van der Waals surface area contributed by atoms with Crippen molar-refractivity contribution in [2.45, 2.75) is 11.8 Å². The zero-order valence-electron chi connectivity index (χ0n) is 11.5. The zero-order valence-corrected chi connectivity index (χ0v) is 13.1. The van der Waals surface area contributed by atoms with Gasteiger partial charge in [0.1, 0.15) is 4.83 Å². The minimum Gasteiger partial charge on any atom is -0.272 e. The number of alkyl halides is 1. The van der Waals surface area contributed by atoms with Crippen molar-refractivity contribution in [1.29, 1.82) is 0 Å². The molecule has 0 aromatic heterocycles. The van der Waals surface area contributed by atoms with Crippen LogP contribution in [-0.2, 0) is 4.79 Å². The van der Waals surface area contributed by atoms with Gasteiger partial charge < -0.3 is 0 Å². The van der Waals surface area contributed by atoms with E-state index >= 15 is 0 Å². The van der Waals surface area contributed by atoms with E-state index in [2.05, 4.69) is 26.8 Å². The number of amides is 2. The Hall–Kier alpha value is -2.14. The quantitative estimate of drug-likeness (QED) is 0.663. The molecule has 0 fully saturated rings. The Morgan fingerprint density at radius 2 is 1.57 bits per heavy atom. The fourth-order valence-electron chi connectivity index (χ4n) is 1.73. The first-order chi connectivity index (χ1) is 10.1. The van der Waals surface area contributed by atoms with Gasteiger partial charge in [0.15, 0.2) is 0 Å². The van der Waals surface area contributed by atoms with Crippen LogP contribution in [-0.4, -0.2) is 11.8 Å². The number of nitrogens with one attached hydrogen (secondary N) is 2. The number of benzene rings is 2. The van der Waals surface area contributed by atoms with Crippen molar-refractivity contribution in [3.63, 3.8) is 0 Å². The molecular formula is C16H15BrN2O2. The highest BCUT2D eigenvalue weighted by atomic mass is 79.9. The lowest BCUT2D eigenvalue weighted by Crippen LogP contribution is -2.43. The number of hydrogen-bond donors (Lipinski definition) is 2. The summed E-state index contributed by atoms with van der Waals surface area (Å²) in [5, 5.41) is 0. The lowest BCUT2D eigenvalue weighted by atomic mass is 10.1. The predicted molar refractivity (Wildman–Crippen MR) is 84.9 cm³/mol. The third-order valence-electron chi connectivity index (χ3n) is 2.94. The molecular weight excluding hydrogens is 332 g/mol. The van der Waals surface area contributed by atoms with Gasteiger partial charge >= 0.3 is 0 Å². The molecule has 4 nitrogen and oxygen atoms in total. The molecule has 1 atom stereocenters. The second-order valence-electron chi connectivity index (χ2n) is 4.58. The molecule has 0 bridgehead atoms. The van der Waals surface area contributed by atoms with Crippen molar-refractivity contribution >= 4 is 27.7 Å². The number of halogens is 1. The van der Waals surface area contributed by atoms with Gasteiger partial charge in [0, 0.05) is 5.56 Å². The van der Waals surface area contributed by atoms with Crippen LogP contribution in [0.3, 0.4) is 0 Å². The largest absolute Gasteiger partial charge is 0.272 e. The summed E-state index contributed by atoms with van der Waals surface area (Å²) in [5.41, 5.74) is 7.23. The van der Waals surface area contributed by atoms with Crippen molar-refractivity contribution in [3.05, 3.63) is 71.3 Å².